The Morgan fingerprint density at radius 2 is 1.95 bits per heavy atom. The van der Waals surface area contributed by atoms with Gasteiger partial charge in [-0.15, -0.1) is 0 Å². The normalized spacial score (nSPS) is 26.2. The minimum atomic E-state index is -3.48. The minimum Gasteiger partial charge on any atom is -0.310 e. The van der Waals surface area contributed by atoms with Gasteiger partial charge in [-0.3, -0.25) is 4.98 Å². The molecule has 2 aromatic rings. The third-order valence-electron chi connectivity index (χ3n) is 4.71. The first kappa shape index (κ1) is 14.1. The summed E-state index contributed by atoms with van der Waals surface area (Å²) in [6.45, 7) is 1.16. The van der Waals surface area contributed by atoms with Crippen LogP contribution in [0, 0.1) is 0 Å². The number of nitrogens with one attached hydrogen (secondary N) is 1. The van der Waals surface area contributed by atoms with Gasteiger partial charge in [0, 0.05) is 36.8 Å². The average Bonchev–Trinajstić information content (AvgIpc) is 2.85. The monoisotopic (exact) mass is 317 g/mol. The van der Waals surface area contributed by atoms with Crippen LogP contribution in [0.15, 0.2) is 41.4 Å². The highest BCUT2D eigenvalue weighted by molar-refractivity contribution is 7.89. The lowest BCUT2D eigenvalue weighted by Gasteiger charge is -2.24. The molecule has 1 aromatic carbocycles. The molecule has 2 unspecified atom stereocenters. The molecule has 5 nitrogen and oxygen atoms in total. The van der Waals surface area contributed by atoms with E-state index in [2.05, 4.69) is 10.3 Å². The van der Waals surface area contributed by atoms with Crippen LogP contribution < -0.4 is 5.32 Å². The number of benzene rings is 1. The van der Waals surface area contributed by atoms with Crippen molar-refractivity contribution in [1.29, 1.82) is 0 Å². The second-order valence-corrected chi connectivity index (χ2v) is 8.02. The molecule has 4 rings (SSSR count). The van der Waals surface area contributed by atoms with Crippen LogP contribution in [0.1, 0.15) is 19.3 Å². The van der Waals surface area contributed by atoms with Crippen LogP contribution in [0.2, 0.25) is 0 Å². The Bertz CT molecular complexity index is 801. The summed E-state index contributed by atoms with van der Waals surface area (Å²) in [5, 5.41) is 4.23. The second-order valence-electron chi connectivity index (χ2n) is 6.12. The Morgan fingerprint density at radius 3 is 2.86 bits per heavy atom. The van der Waals surface area contributed by atoms with Crippen molar-refractivity contribution in [3.63, 3.8) is 0 Å². The molecule has 2 bridgehead atoms. The molecule has 2 saturated heterocycles. The van der Waals surface area contributed by atoms with Crippen molar-refractivity contribution in [3.05, 3.63) is 36.5 Å². The number of hydrogen-bond acceptors (Lipinski definition) is 4. The van der Waals surface area contributed by atoms with Gasteiger partial charge in [0.25, 0.3) is 0 Å². The van der Waals surface area contributed by atoms with Gasteiger partial charge in [0.1, 0.15) is 0 Å². The Labute approximate surface area is 130 Å². The maximum Gasteiger partial charge on any atom is 0.243 e. The summed E-state index contributed by atoms with van der Waals surface area (Å²) >= 11 is 0. The smallest absolute Gasteiger partial charge is 0.243 e. The first-order valence-electron chi connectivity index (χ1n) is 7.74. The Morgan fingerprint density at radius 1 is 1.09 bits per heavy atom. The molecule has 2 aliphatic rings. The molecule has 0 saturated carbocycles. The summed E-state index contributed by atoms with van der Waals surface area (Å²) in [6, 6.07) is 9.68. The summed E-state index contributed by atoms with van der Waals surface area (Å²) < 4.78 is 27.8. The highest BCUT2D eigenvalue weighted by Gasteiger charge is 2.35. The van der Waals surface area contributed by atoms with E-state index >= 15 is 0 Å². The molecular weight excluding hydrogens is 298 g/mol. The fraction of sp³-hybridized carbons (Fsp3) is 0.438. The Kier molecular flexibility index (Phi) is 3.40. The van der Waals surface area contributed by atoms with Crippen molar-refractivity contribution >= 4 is 20.9 Å². The van der Waals surface area contributed by atoms with E-state index in [0.717, 1.165) is 24.8 Å². The van der Waals surface area contributed by atoms with Crippen LogP contribution in [-0.4, -0.2) is 42.9 Å². The molecular formula is C16H19N3O2S. The van der Waals surface area contributed by atoms with Crippen LogP contribution in [-0.2, 0) is 10.0 Å². The van der Waals surface area contributed by atoms with Crippen molar-refractivity contribution in [2.24, 2.45) is 0 Å². The van der Waals surface area contributed by atoms with Crippen LogP contribution in [0.3, 0.4) is 0 Å². The van der Waals surface area contributed by atoms with E-state index in [1.807, 2.05) is 12.1 Å². The number of rotatable bonds is 2. The predicted octanol–water partition coefficient (Wildman–Crippen LogP) is 1.75. The van der Waals surface area contributed by atoms with Gasteiger partial charge in [0.2, 0.25) is 10.0 Å². The molecule has 2 atom stereocenters. The summed E-state index contributed by atoms with van der Waals surface area (Å²) in [7, 11) is -3.48. The zero-order valence-electron chi connectivity index (χ0n) is 12.3. The van der Waals surface area contributed by atoms with E-state index in [1.54, 1.807) is 28.7 Å². The fourth-order valence-corrected chi connectivity index (χ4v) is 5.27. The maximum atomic E-state index is 13.1. The van der Waals surface area contributed by atoms with Gasteiger partial charge in [-0.25, -0.2) is 8.42 Å². The Balaban J connectivity index is 1.76. The van der Waals surface area contributed by atoms with E-state index in [-0.39, 0.29) is 6.04 Å². The highest BCUT2D eigenvalue weighted by atomic mass is 32.2. The zero-order chi connectivity index (χ0) is 15.2. The van der Waals surface area contributed by atoms with E-state index in [9.17, 15) is 8.42 Å². The summed E-state index contributed by atoms with van der Waals surface area (Å²) in [5.74, 6) is 0. The number of hydrogen-bond donors (Lipinski definition) is 1. The lowest BCUT2D eigenvalue weighted by Crippen LogP contribution is -2.39. The predicted molar refractivity (Wildman–Crippen MR) is 85.1 cm³/mol. The summed E-state index contributed by atoms with van der Waals surface area (Å²) in [4.78, 5) is 4.63. The van der Waals surface area contributed by atoms with Crippen LogP contribution in [0.5, 0.6) is 0 Å². The number of nitrogens with zero attached hydrogens (tertiary/aromatic N) is 2. The van der Waals surface area contributed by atoms with Crippen molar-refractivity contribution < 1.29 is 8.42 Å². The highest BCUT2D eigenvalue weighted by Crippen LogP contribution is 2.28. The molecule has 1 N–H and O–H groups in total. The van der Waals surface area contributed by atoms with E-state index < -0.39 is 10.0 Å². The molecule has 0 radical (unpaired) electrons. The largest absolute Gasteiger partial charge is 0.310 e. The molecule has 0 amide bonds. The number of pyridine rings is 1. The lowest BCUT2D eigenvalue weighted by molar-refractivity contribution is 0.384. The molecule has 116 valence electrons. The molecule has 22 heavy (non-hydrogen) atoms. The molecule has 1 aromatic heterocycles. The van der Waals surface area contributed by atoms with Crippen LogP contribution >= 0.6 is 0 Å². The summed E-state index contributed by atoms with van der Waals surface area (Å²) in [5.41, 5.74) is 0.720. The third kappa shape index (κ3) is 2.31. The van der Waals surface area contributed by atoms with Gasteiger partial charge >= 0.3 is 0 Å². The van der Waals surface area contributed by atoms with Gasteiger partial charge in [-0.05, 0) is 43.5 Å². The van der Waals surface area contributed by atoms with Gasteiger partial charge in [-0.1, -0.05) is 6.07 Å². The Hall–Kier alpha value is -1.50. The molecule has 0 aliphatic carbocycles. The number of aromatic nitrogens is 1. The van der Waals surface area contributed by atoms with Crippen molar-refractivity contribution in [2.45, 2.75) is 36.2 Å². The molecule has 2 fully saturated rings. The van der Waals surface area contributed by atoms with Gasteiger partial charge in [0.05, 0.1) is 10.4 Å². The standard InChI is InChI=1S/C16H19N3O2S/c20-22(21,19-10-8-12-6-7-13(11-19)18-12)16-5-1-4-15-14(16)3-2-9-17-15/h1-5,9,12-13,18H,6-8,10-11H2. The topological polar surface area (TPSA) is 62.3 Å². The number of fused-ring (bicyclic) bond motifs is 3. The third-order valence-corrected chi connectivity index (χ3v) is 6.63. The first-order chi connectivity index (χ1) is 10.6. The quantitative estimate of drug-likeness (QED) is 0.916. The summed E-state index contributed by atoms with van der Waals surface area (Å²) in [6.07, 6.45) is 4.80. The first-order valence-corrected chi connectivity index (χ1v) is 9.18. The van der Waals surface area contributed by atoms with Crippen molar-refractivity contribution in [3.8, 4) is 0 Å². The van der Waals surface area contributed by atoms with E-state index in [0.29, 0.717) is 29.4 Å². The zero-order valence-corrected chi connectivity index (χ0v) is 13.1. The average molecular weight is 317 g/mol. The maximum absolute atomic E-state index is 13.1. The van der Waals surface area contributed by atoms with Crippen LogP contribution in [0.4, 0.5) is 0 Å². The SMILES string of the molecule is O=S(=O)(c1cccc2ncccc12)N1CCC2CCC(C1)N2. The minimum absolute atomic E-state index is 0.287. The fourth-order valence-electron chi connectivity index (χ4n) is 3.57. The van der Waals surface area contributed by atoms with Gasteiger partial charge in [-0.2, -0.15) is 4.31 Å². The lowest BCUT2D eigenvalue weighted by atomic mass is 10.1. The number of sulfonamides is 1. The van der Waals surface area contributed by atoms with Crippen LogP contribution in [0.25, 0.3) is 10.9 Å². The van der Waals surface area contributed by atoms with E-state index in [1.165, 1.54) is 0 Å². The second kappa shape index (κ2) is 5.30. The van der Waals surface area contributed by atoms with Crippen molar-refractivity contribution in [2.75, 3.05) is 13.1 Å². The van der Waals surface area contributed by atoms with Gasteiger partial charge < -0.3 is 5.32 Å². The molecule has 0 spiro atoms. The molecule has 6 heteroatoms. The molecule has 2 aliphatic heterocycles. The van der Waals surface area contributed by atoms with E-state index in [4.69, 9.17) is 0 Å². The van der Waals surface area contributed by atoms with Gasteiger partial charge in [0.15, 0.2) is 0 Å². The molecule has 3 heterocycles. The van der Waals surface area contributed by atoms with Crippen molar-refractivity contribution in [1.82, 2.24) is 14.6 Å².